The van der Waals surface area contributed by atoms with Gasteiger partial charge in [-0.05, 0) is 65.4 Å². The average molecular weight is 311 g/mol. The average Bonchev–Trinajstić information content (AvgIpc) is 2.46. The zero-order valence-electron chi connectivity index (χ0n) is 12.1. The Labute approximate surface area is 131 Å². The minimum absolute atomic E-state index is 0.00354. The Morgan fingerprint density at radius 3 is 1.52 bits per heavy atom. The summed E-state index contributed by atoms with van der Waals surface area (Å²) in [5, 5.41) is 32.9. The topological polar surface area (TPSA) is 120 Å². The van der Waals surface area contributed by atoms with E-state index in [-0.39, 0.29) is 23.1 Å². The molecule has 0 unspecified atom stereocenters. The molecule has 0 N–H and O–H groups in total. The fraction of sp³-hybridized carbons (Fsp3) is 0.118. The van der Waals surface area contributed by atoms with E-state index in [1.54, 1.807) is 13.0 Å². The molecule has 0 aliphatic rings. The third-order valence-corrected chi connectivity index (χ3v) is 3.25. The highest BCUT2D eigenvalue weighted by atomic mass is 16.4. The van der Waals surface area contributed by atoms with Crippen LogP contribution in [-0.2, 0) is 6.42 Å². The van der Waals surface area contributed by atoms with E-state index in [4.69, 9.17) is 0 Å². The fourth-order valence-corrected chi connectivity index (χ4v) is 2.35. The lowest BCUT2D eigenvalue weighted by Crippen LogP contribution is -2.26. The Kier molecular flexibility index (Phi) is 4.45. The highest BCUT2D eigenvalue weighted by molar-refractivity contribution is 5.92. The van der Waals surface area contributed by atoms with Gasteiger partial charge in [-0.25, -0.2) is 0 Å². The number of hydrogen-bond donors (Lipinski definition) is 0. The van der Waals surface area contributed by atoms with E-state index < -0.39 is 17.9 Å². The number of carbonyl (C=O) groups is 3. The molecule has 6 heteroatoms. The summed E-state index contributed by atoms with van der Waals surface area (Å²) in [6, 6.07) is 8.08. The van der Waals surface area contributed by atoms with E-state index in [1.165, 1.54) is 24.3 Å². The molecule has 0 atom stereocenters. The van der Waals surface area contributed by atoms with Gasteiger partial charge in [0.05, 0.1) is 17.9 Å². The van der Waals surface area contributed by atoms with Gasteiger partial charge in [0.2, 0.25) is 0 Å². The molecule has 0 saturated heterocycles. The molecule has 0 bridgehead atoms. The Morgan fingerprint density at radius 1 is 0.696 bits per heavy atom. The van der Waals surface area contributed by atoms with E-state index in [2.05, 4.69) is 0 Å². The number of hydrogen-bond acceptors (Lipinski definition) is 6. The van der Waals surface area contributed by atoms with Crippen LogP contribution in [0.1, 0.15) is 47.8 Å². The fourth-order valence-electron chi connectivity index (χ4n) is 2.35. The molecule has 0 aromatic heterocycles. The Balaban J connectivity index is 2.45. The number of aryl methyl sites for hydroxylation is 1. The normalized spacial score (nSPS) is 10.3. The Hall–Kier alpha value is -3.15. The van der Waals surface area contributed by atoms with E-state index in [0.29, 0.717) is 16.7 Å². The molecule has 118 valence electrons. The summed E-state index contributed by atoms with van der Waals surface area (Å²) < 4.78 is 0. The molecule has 0 aliphatic heterocycles. The zero-order valence-corrected chi connectivity index (χ0v) is 12.1. The van der Waals surface area contributed by atoms with Crippen LogP contribution in [-0.4, -0.2) is 17.9 Å². The number of rotatable bonds is 5. The van der Waals surface area contributed by atoms with E-state index in [0.717, 1.165) is 6.07 Å². The summed E-state index contributed by atoms with van der Waals surface area (Å²) in [5.74, 6) is -4.34. The second-order valence-corrected chi connectivity index (χ2v) is 5.17. The van der Waals surface area contributed by atoms with Gasteiger partial charge in [-0.15, -0.1) is 0 Å². The maximum atomic E-state index is 11.0. The van der Waals surface area contributed by atoms with Crippen LogP contribution in [0.4, 0.5) is 0 Å². The molecular weight excluding hydrogens is 300 g/mol. The lowest BCUT2D eigenvalue weighted by Gasteiger charge is -2.13. The summed E-state index contributed by atoms with van der Waals surface area (Å²) in [4.78, 5) is 32.9. The second kappa shape index (κ2) is 6.31. The molecule has 2 rings (SSSR count). The maximum Gasteiger partial charge on any atom is 0.0715 e. The van der Waals surface area contributed by atoms with Crippen molar-refractivity contribution in [3.8, 4) is 0 Å². The number of benzene rings is 2. The van der Waals surface area contributed by atoms with Crippen LogP contribution in [0.5, 0.6) is 0 Å². The molecule has 23 heavy (non-hydrogen) atoms. The van der Waals surface area contributed by atoms with Gasteiger partial charge in [0, 0.05) is 0 Å². The summed E-state index contributed by atoms with van der Waals surface area (Å²) in [6.07, 6.45) is 0.156. The monoisotopic (exact) mass is 311 g/mol. The predicted octanol–water partition coefficient (Wildman–Crippen LogP) is -1.32. The first-order valence-corrected chi connectivity index (χ1v) is 6.65. The Bertz CT molecular complexity index is 774. The first kappa shape index (κ1) is 16.2. The summed E-state index contributed by atoms with van der Waals surface area (Å²) in [7, 11) is 0. The first-order valence-electron chi connectivity index (χ1n) is 6.65. The summed E-state index contributed by atoms with van der Waals surface area (Å²) in [5.41, 5.74) is 1.10. The molecule has 0 amide bonds. The van der Waals surface area contributed by atoms with Crippen molar-refractivity contribution in [2.75, 3.05) is 0 Å². The van der Waals surface area contributed by atoms with Crippen molar-refractivity contribution in [1.82, 2.24) is 0 Å². The summed E-state index contributed by atoms with van der Waals surface area (Å²) >= 11 is 0. The van der Waals surface area contributed by atoms with Crippen molar-refractivity contribution in [1.29, 1.82) is 0 Å². The predicted molar refractivity (Wildman–Crippen MR) is 73.4 cm³/mol. The SMILES string of the molecule is Cc1cc(Cc2cc(C(=O)[O-])cc(C(=O)[O-])c2)cc(C(=O)[O-])c1. The quantitative estimate of drug-likeness (QED) is 0.675. The van der Waals surface area contributed by atoms with E-state index in [1.807, 2.05) is 0 Å². The molecule has 0 fully saturated rings. The van der Waals surface area contributed by atoms with Crippen molar-refractivity contribution < 1.29 is 29.7 Å². The van der Waals surface area contributed by atoms with Gasteiger partial charge in [0.1, 0.15) is 0 Å². The zero-order chi connectivity index (χ0) is 17.1. The molecule has 2 aromatic rings. The molecule has 0 heterocycles. The highest BCUT2D eigenvalue weighted by Crippen LogP contribution is 2.17. The second-order valence-electron chi connectivity index (χ2n) is 5.17. The highest BCUT2D eigenvalue weighted by Gasteiger charge is 2.06. The number of aromatic carboxylic acids is 3. The first-order chi connectivity index (χ1) is 10.8. The minimum Gasteiger partial charge on any atom is -0.545 e. The summed E-state index contributed by atoms with van der Waals surface area (Å²) in [6.45, 7) is 1.71. The van der Waals surface area contributed by atoms with Crippen LogP contribution in [0.2, 0.25) is 0 Å². The molecule has 0 saturated carbocycles. The Morgan fingerprint density at radius 2 is 1.09 bits per heavy atom. The molecular formula is C17H11O6-3. The van der Waals surface area contributed by atoms with Crippen molar-refractivity contribution in [2.45, 2.75) is 13.3 Å². The van der Waals surface area contributed by atoms with Crippen LogP contribution in [0.15, 0.2) is 36.4 Å². The van der Waals surface area contributed by atoms with Gasteiger partial charge >= 0.3 is 0 Å². The molecule has 2 aromatic carbocycles. The largest absolute Gasteiger partial charge is 0.545 e. The van der Waals surface area contributed by atoms with Crippen LogP contribution >= 0.6 is 0 Å². The number of carbonyl (C=O) groups excluding carboxylic acids is 3. The van der Waals surface area contributed by atoms with Gasteiger partial charge in [-0.1, -0.05) is 17.7 Å². The minimum atomic E-state index is -1.51. The van der Waals surface area contributed by atoms with Crippen LogP contribution in [0.3, 0.4) is 0 Å². The van der Waals surface area contributed by atoms with Gasteiger partial charge < -0.3 is 29.7 Å². The van der Waals surface area contributed by atoms with Crippen molar-refractivity contribution in [2.24, 2.45) is 0 Å². The van der Waals surface area contributed by atoms with Crippen molar-refractivity contribution in [3.63, 3.8) is 0 Å². The van der Waals surface area contributed by atoms with E-state index in [9.17, 15) is 29.7 Å². The lowest BCUT2D eigenvalue weighted by molar-refractivity contribution is -0.256. The standard InChI is InChI=1S/C17H14O6/c1-9-2-10(5-12(3-9)15(18)19)4-11-6-13(16(20)21)8-14(7-11)17(22)23/h2-3,5-8H,4H2,1H3,(H,18,19)(H,20,21)(H,22,23)/p-3. The smallest absolute Gasteiger partial charge is 0.0715 e. The molecule has 0 aliphatic carbocycles. The van der Waals surface area contributed by atoms with E-state index >= 15 is 0 Å². The molecule has 0 radical (unpaired) electrons. The van der Waals surface area contributed by atoms with Gasteiger partial charge in [0.25, 0.3) is 0 Å². The van der Waals surface area contributed by atoms with Gasteiger partial charge in [0.15, 0.2) is 0 Å². The van der Waals surface area contributed by atoms with Gasteiger partial charge in [-0.2, -0.15) is 0 Å². The van der Waals surface area contributed by atoms with Gasteiger partial charge in [-0.3, -0.25) is 0 Å². The lowest BCUT2D eigenvalue weighted by atomic mass is 9.97. The van der Waals surface area contributed by atoms with Crippen LogP contribution < -0.4 is 15.3 Å². The molecule has 0 spiro atoms. The number of carboxylic acids is 3. The van der Waals surface area contributed by atoms with Crippen molar-refractivity contribution in [3.05, 3.63) is 69.8 Å². The van der Waals surface area contributed by atoms with Crippen molar-refractivity contribution >= 4 is 17.9 Å². The molecule has 6 nitrogen and oxygen atoms in total. The third kappa shape index (κ3) is 3.94. The maximum absolute atomic E-state index is 11.0. The van der Waals surface area contributed by atoms with Crippen LogP contribution in [0, 0.1) is 6.92 Å². The third-order valence-electron chi connectivity index (χ3n) is 3.25. The number of carboxylic acid groups (broad SMARTS) is 3. The van der Waals surface area contributed by atoms with Crippen LogP contribution in [0.25, 0.3) is 0 Å².